The summed E-state index contributed by atoms with van der Waals surface area (Å²) in [5.74, 6) is -3.47. The average molecular weight is 512 g/mol. The van der Waals surface area contributed by atoms with E-state index in [9.17, 15) is 25.6 Å². The largest absolute Gasteiger partial charge is 0.268 e. The van der Waals surface area contributed by atoms with Crippen molar-refractivity contribution in [3.05, 3.63) is 54.4 Å². The van der Waals surface area contributed by atoms with Crippen molar-refractivity contribution in [3.8, 4) is 0 Å². The Kier molecular flexibility index (Phi) is 6.32. The van der Waals surface area contributed by atoms with E-state index in [1.165, 1.54) is 44.6 Å². The molecule has 0 spiro atoms. The van der Waals surface area contributed by atoms with Crippen LogP contribution >= 0.6 is 0 Å². The maximum absolute atomic E-state index is 13.7. The standard InChI is InChI=1S/C23H27F2N3O4S2/c1-23(24,25)17-8-6-16(7-9-17)20-15-28(21-5-4-14-26-22(20)21)34(31,32)19-12-10-18(11-13-19)33(29,30)27(2)3/h4-5,10-17H,6-9H2,1-3H3. The molecule has 2 aromatic heterocycles. The molecule has 0 aliphatic heterocycles. The Hall–Kier alpha value is -2.37. The van der Waals surface area contributed by atoms with E-state index in [0.29, 0.717) is 36.7 Å². The van der Waals surface area contributed by atoms with E-state index in [4.69, 9.17) is 0 Å². The van der Waals surface area contributed by atoms with E-state index in [-0.39, 0.29) is 15.7 Å². The van der Waals surface area contributed by atoms with Crippen LogP contribution in [0.25, 0.3) is 11.0 Å². The summed E-state index contributed by atoms with van der Waals surface area (Å²) in [5.41, 5.74) is 1.65. The maximum Gasteiger partial charge on any atom is 0.268 e. The second-order valence-corrected chi connectivity index (χ2v) is 13.0. The number of aromatic nitrogens is 2. The summed E-state index contributed by atoms with van der Waals surface area (Å²) in [6, 6.07) is 8.35. The van der Waals surface area contributed by atoms with E-state index >= 15 is 0 Å². The summed E-state index contributed by atoms with van der Waals surface area (Å²) in [5, 5.41) is 0. The number of nitrogens with zero attached hydrogens (tertiary/aromatic N) is 3. The van der Waals surface area contributed by atoms with Crippen molar-refractivity contribution >= 4 is 31.1 Å². The average Bonchev–Trinajstić information content (AvgIpc) is 3.19. The van der Waals surface area contributed by atoms with E-state index in [2.05, 4.69) is 4.98 Å². The molecule has 1 aliphatic carbocycles. The van der Waals surface area contributed by atoms with Crippen LogP contribution in [0.15, 0.2) is 58.6 Å². The first-order valence-electron chi connectivity index (χ1n) is 11.0. The minimum atomic E-state index is -4.05. The van der Waals surface area contributed by atoms with Gasteiger partial charge in [0, 0.05) is 38.0 Å². The number of benzene rings is 1. The number of hydrogen-bond acceptors (Lipinski definition) is 5. The highest BCUT2D eigenvalue weighted by Crippen LogP contribution is 2.44. The molecule has 1 aromatic carbocycles. The van der Waals surface area contributed by atoms with Crippen LogP contribution in [-0.4, -0.2) is 50.1 Å². The van der Waals surface area contributed by atoms with E-state index < -0.39 is 31.9 Å². The third-order valence-electron chi connectivity index (χ3n) is 6.60. The zero-order valence-corrected chi connectivity index (χ0v) is 20.8. The van der Waals surface area contributed by atoms with Gasteiger partial charge in [0.1, 0.15) is 0 Å². The number of pyridine rings is 1. The fourth-order valence-corrected chi connectivity index (χ4v) is 6.84. The molecule has 1 aliphatic rings. The zero-order valence-electron chi connectivity index (χ0n) is 19.1. The molecule has 1 fully saturated rings. The smallest absolute Gasteiger partial charge is 0.254 e. The van der Waals surface area contributed by atoms with Crippen molar-refractivity contribution in [2.75, 3.05) is 14.1 Å². The first-order chi connectivity index (χ1) is 15.8. The van der Waals surface area contributed by atoms with Crippen molar-refractivity contribution in [2.24, 2.45) is 5.92 Å². The second kappa shape index (κ2) is 8.69. The summed E-state index contributed by atoms with van der Waals surface area (Å²) in [7, 11) is -4.95. The second-order valence-electron chi connectivity index (χ2n) is 9.02. The van der Waals surface area contributed by atoms with Crippen LogP contribution in [0.1, 0.15) is 44.1 Å². The molecule has 0 unspecified atom stereocenters. The number of hydrogen-bond donors (Lipinski definition) is 0. The summed E-state index contributed by atoms with van der Waals surface area (Å²) in [6.07, 6.45) is 4.90. The van der Waals surface area contributed by atoms with Gasteiger partial charge in [0.2, 0.25) is 15.9 Å². The van der Waals surface area contributed by atoms with Gasteiger partial charge in [-0.1, -0.05) is 0 Å². The molecule has 0 radical (unpaired) electrons. The van der Waals surface area contributed by atoms with Gasteiger partial charge in [0.15, 0.2) is 0 Å². The van der Waals surface area contributed by atoms with Gasteiger partial charge in [0.25, 0.3) is 10.0 Å². The first kappa shape index (κ1) is 24.7. The zero-order chi connectivity index (χ0) is 24.9. The number of sulfonamides is 1. The van der Waals surface area contributed by atoms with Gasteiger partial charge >= 0.3 is 0 Å². The molecule has 2 heterocycles. The highest BCUT2D eigenvalue weighted by molar-refractivity contribution is 7.90. The minimum Gasteiger partial charge on any atom is -0.254 e. The lowest BCUT2D eigenvalue weighted by Gasteiger charge is -2.31. The lowest BCUT2D eigenvalue weighted by Crippen LogP contribution is -2.28. The molecule has 0 saturated heterocycles. The van der Waals surface area contributed by atoms with Crippen LogP contribution in [0.3, 0.4) is 0 Å². The van der Waals surface area contributed by atoms with Crippen molar-refractivity contribution in [3.63, 3.8) is 0 Å². The van der Waals surface area contributed by atoms with Gasteiger partial charge in [-0.05, 0) is 74.9 Å². The normalized spacial score (nSPS) is 20.2. The molecule has 184 valence electrons. The highest BCUT2D eigenvalue weighted by Gasteiger charge is 2.38. The Morgan fingerprint density at radius 2 is 1.56 bits per heavy atom. The third kappa shape index (κ3) is 4.36. The molecule has 7 nitrogen and oxygen atoms in total. The summed E-state index contributed by atoms with van der Waals surface area (Å²) in [6.45, 7) is 0.951. The monoisotopic (exact) mass is 511 g/mol. The number of rotatable bonds is 6. The van der Waals surface area contributed by atoms with Gasteiger partial charge in [-0.15, -0.1) is 0 Å². The Morgan fingerprint density at radius 3 is 2.12 bits per heavy atom. The van der Waals surface area contributed by atoms with Crippen LogP contribution in [0.4, 0.5) is 8.78 Å². The lowest BCUT2D eigenvalue weighted by molar-refractivity contribution is -0.0546. The van der Waals surface area contributed by atoms with Crippen LogP contribution in [0, 0.1) is 5.92 Å². The molecule has 11 heteroatoms. The van der Waals surface area contributed by atoms with E-state index in [1.54, 1.807) is 18.3 Å². The van der Waals surface area contributed by atoms with Crippen molar-refractivity contribution in [2.45, 2.75) is 54.2 Å². The molecule has 4 rings (SSSR count). The van der Waals surface area contributed by atoms with Crippen LogP contribution in [0.5, 0.6) is 0 Å². The Balaban J connectivity index is 1.72. The van der Waals surface area contributed by atoms with E-state index in [1.807, 2.05) is 0 Å². The van der Waals surface area contributed by atoms with Gasteiger partial charge in [0.05, 0.1) is 20.8 Å². The maximum atomic E-state index is 13.7. The SMILES string of the molecule is CN(C)S(=O)(=O)c1ccc(S(=O)(=O)n2cc(C3CCC(C(C)(F)F)CC3)c3ncccc32)cc1. The Bertz CT molecular complexity index is 1400. The quantitative estimate of drug-likeness (QED) is 0.488. The fourth-order valence-electron chi connectivity index (χ4n) is 4.57. The Labute approximate surface area is 198 Å². The van der Waals surface area contributed by atoms with Gasteiger partial charge < -0.3 is 0 Å². The fraction of sp³-hybridized carbons (Fsp3) is 0.435. The predicted octanol–water partition coefficient (Wildman–Crippen LogP) is 4.45. The molecule has 0 bridgehead atoms. The first-order valence-corrected chi connectivity index (χ1v) is 13.8. The molecular weight excluding hydrogens is 484 g/mol. The number of fused-ring (bicyclic) bond motifs is 1. The molecule has 0 atom stereocenters. The molecular formula is C23H27F2N3O4S2. The predicted molar refractivity (Wildman–Crippen MR) is 125 cm³/mol. The number of halogens is 2. The third-order valence-corrected chi connectivity index (χ3v) is 10.1. The minimum absolute atomic E-state index is 0.0133. The lowest BCUT2D eigenvalue weighted by atomic mass is 9.77. The summed E-state index contributed by atoms with van der Waals surface area (Å²) < 4.78 is 81.3. The molecule has 0 N–H and O–H groups in total. The topological polar surface area (TPSA) is 89.3 Å². The van der Waals surface area contributed by atoms with Crippen LogP contribution < -0.4 is 0 Å². The van der Waals surface area contributed by atoms with Gasteiger partial charge in [-0.3, -0.25) is 4.98 Å². The van der Waals surface area contributed by atoms with Crippen molar-refractivity contribution in [1.29, 1.82) is 0 Å². The summed E-state index contributed by atoms with van der Waals surface area (Å²) in [4.78, 5) is 4.32. The molecule has 3 aromatic rings. The molecule has 0 amide bonds. The van der Waals surface area contributed by atoms with Crippen molar-refractivity contribution in [1.82, 2.24) is 13.3 Å². The number of alkyl halides is 2. The molecule has 1 saturated carbocycles. The highest BCUT2D eigenvalue weighted by atomic mass is 32.2. The Morgan fingerprint density at radius 1 is 0.971 bits per heavy atom. The van der Waals surface area contributed by atoms with Crippen LogP contribution in [0.2, 0.25) is 0 Å². The van der Waals surface area contributed by atoms with Crippen molar-refractivity contribution < 1.29 is 25.6 Å². The van der Waals surface area contributed by atoms with Crippen LogP contribution in [-0.2, 0) is 20.0 Å². The molecule has 34 heavy (non-hydrogen) atoms. The van der Waals surface area contributed by atoms with Gasteiger partial charge in [-0.2, -0.15) is 0 Å². The van der Waals surface area contributed by atoms with E-state index in [0.717, 1.165) is 20.8 Å². The summed E-state index contributed by atoms with van der Waals surface area (Å²) >= 11 is 0. The van der Waals surface area contributed by atoms with Gasteiger partial charge in [-0.25, -0.2) is 33.9 Å².